The molecule has 2 aromatic carbocycles. The second kappa shape index (κ2) is 7.20. The van der Waals surface area contributed by atoms with Crippen molar-refractivity contribution in [2.75, 3.05) is 11.4 Å². The standard InChI is InChI=1S/C23H22BrNO3/c1-5-12-25-19-11-10-17(24)13-18(19)23(28,21(25)27)14-20(26)15-6-8-16(9-7-15)22(2,3)4/h1,6-11,13,28H,12,14H2,2-4H3/t23-/m0/s1. The van der Waals surface area contributed by atoms with E-state index < -0.39 is 11.5 Å². The molecule has 0 fully saturated rings. The quantitative estimate of drug-likeness (QED) is 0.573. The minimum absolute atomic E-state index is 0.0257. The van der Waals surface area contributed by atoms with Crippen LogP contribution >= 0.6 is 15.9 Å². The summed E-state index contributed by atoms with van der Waals surface area (Å²) in [7, 11) is 0. The van der Waals surface area contributed by atoms with E-state index in [-0.39, 0.29) is 24.2 Å². The zero-order valence-electron chi connectivity index (χ0n) is 16.1. The highest BCUT2D eigenvalue weighted by Gasteiger charge is 2.50. The lowest BCUT2D eigenvalue weighted by Gasteiger charge is -2.22. The molecular formula is C23H22BrNO3. The van der Waals surface area contributed by atoms with Crippen LogP contribution in [0.25, 0.3) is 0 Å². The number of aliphatic hydroxyl groups is 1. The van der Waals surface area contributed by atoms with E-state index in [0.29, 0.717) is 21.3 Å². The van der Waals surface area contributed by atoms with Gasteiger partial charge in [-0.1, -0.05) is 66.9 Å². The van der Waals surface area contributed by atoms with Crippen molar-refractivity contribution in [3.8, 4) is 12.3 Å². The zero-order valence-corrected chi connectivity index (χ0v) is 17.7. The van der Waals surface area contributed by atoms with Crippen molar-refractivity contribution in [3.63, 3.8) is 0 Å². The number of benzene rings is 2. The number of amides is 1. The number of fused-ring (bicyclic) bond motifs is 1. The smallest absolute Gasteiger partial charge is 0.265 e. The molecule has 4 nitrogen and oxygen atoms in total. The Balaban J connectivity index is 1.95. The number of hydrogen-bond donors (Lipinski definition) is 1. The molecule has 0 aromatic heterocycles. The third kappa shape index (κ3) is 3.50. The molecule has 5 heteroatoms. The van der Waals surface area contributed by atoms with Crippen LogP contribution in [0.5, 0.6) is 0 Å². The van der Waals surface area contributed by atoms with Gasteiger partial charge in [-0.15, -0.1) is 6.42 Å². The lowest BCUT2D eigenvalue weighted by atomic mass is 9.85. The van der Waals surface area contributed by atoms with Crippen LogP contribution < -0.4 is 4.90 Å². The molecule has 28 heavy (non-hydrogen) atoms. The number of ketones is 1. The molecule has 2 aromatic rings. The van der Waals surface area contributed by atoms with E-state index in [2.05, 4.69) is 42.6 Å². The number of carbonyl (C=O) groups is 2. The van der Waals surface area contributed by atoms with Gasteiger partial charge < -0.3 is 5.11 Å². The SMILES string of the molecule is C#CCN1C(=O)[C@](O)(CC(=O)c2ccc(C(C)(C)C)cc2)c2cc(Br)ccc21. The predicted octanol–water partition coefficient (Wildman–Crippen LogP) is 4.19. The first-order valence-electron chi connectivity index (χ1n) is 8.99. The molecule has 144 valence electrons. The Labute approximate surface area is 173 Å². The van der Waals surface area contributed by atoms with Gasteiger partial charge in [0, 0.05) is 15.6 Å². The third-order valence-corrected chi connectivity index (χ3v) is 5.53. The van der Waals surface area contributed by atoms with E-state index in [4.69, 9.17) is 6.42 Å². The highest BCUT2D eigenvalue weighted by Crippen LogP contribution is 2.44. The Kier molecular flexibility index (Phi) is 5.22. The second-order valence-corrected chi connectivity index (χ2v) is 8.96. The van der Waals surface area contributed by atoms with Crippen molar-refractivity contribution < 1.29 is 14.7 Å². The van der Waals surface area contributed by atoms with Crippen LogP contribution in [0, 0.1) is 12.3 Å². The summed E-state index contributed by atoms with van der Waals surface area (Å²) in [4.78, 5) is 27.2. The zero-order chi connectivity index (χ0) is 20.7. The summed E-state index contributed by atoms with van der Waals surface area (Å²) in [6, 6.07) is 12.5. The lowest BCUT2D eigenvalue weighted by molar-refractivity contribution is -0.135. The minimum Gasteiger partial charge on any atom is -0.375 e. The van der Waals surface area contributed by atoms with E-state index in [0.717, 1.165) is 5.56 Å². The fourth-order valence-electron chi connectivity index (χ4n) is 3.43. The summed E-state index contributed by atoms with van der Waals surface area (Å²) in [5, 5.41) is 11.2. The Bertz CT molecular complexity index is 982. The van der Waals surface area contributed by atoms with Crippen LogP contribution in [0.4, 0.5) is 5.69 Å². The van der Waals surface area contributed by atoms with Crippen molar-refractivity contribution in [3.05, 3.63) is 63.6 Å². The largest absolute Gasteiger partial charge is 0.375 e. The van der Waals surface area contributed by atoms with Gasteiger partial charge in [0.25, 0.3) is 5.91 Å². The summed E-state index contributed by atoms with van der Waals surface area (Å²) in [6.45, 7) is 6.32. The summed E-state index contributed by atoms with van der Waals surface area (Å²) >= 11 is 3.37. The van der Waals surface area contributed by atoms with E-state index in [1.807, 2.05) is 12.1 Å². The van der Waals surface area contributed by atoms with Crippen LogP contribution in [0.2, 0.25) is 0 Å². The number of rotatable bonds is 4. The highest BCUT2D eigenvalue weighted by molar-refractivity contribution is 9.10. The molecule has 1 aliphatic rings. The molecule has 0 bridgehead atoms. The van der Waals surface area contributed by atoms with Gasteiger partial charge in [-0.25, -0.2) is 0 Å². The molecule has 0 saturated heterocycles. The van der Waals surface area contributed by atoms with Crippen LogP contribution in [0.15, 0.2) is 46.9 Å². The van der Waals surface area contributed by atoms with Gasteiger partial charge in [0.15, 0.2) is 11.4 Å². The summed E-state index contributed by atoms with van der Waals surface area (Å²) in [6.07, 6.45) is 5.04. The Morgan fingerprint density at radius 1 is 1.21 bits per heavy atom. The number of nitrogens with zero attached hydrogens (tertiary/aromatic N) is 1. The molecule has 1 heterocycles. The predicted molar refractivity (Wildman–Crippen MR) is 113 cm³/mol. The van der Waals surface area contributed by atoms with Gasteiger partial charge in [-0.2, -0.15) is 0 Å². The molecule has 0 saturated carbocycles. The van der Waals surface area contributed by atoms with Crippen LogP contribution in [0.1, 0.15) is 48.7 Å². The van der Waals surface area contributed by atoms with Gasteiger partial charge in [-0.3, -0.25) is 14.5 Å². The molecule has 1 N–H and O–H groups in total. The number of carbonyl (C=O) groups excluding carboxylic acids is 2. The van der Waals surface area contributed by atoms with E-state index in [1.54, 1.807) is 30.3 Å². The van der Waals surface area contributed by atoms with Crippen LogP contribution in [0.3, 0.4) is 0 Å². The number of Topliss-reactive ketones (excluding diaryl/α,β-unsaturated/α-hetero) is 1. The Morgan fingerprint density at radius 3 is 2.43 bits per heavy atom. The number of anilines is 1. The van der Waals surface area contributed by atoms with Gasteiger partial charge in [0.1, 0.15) is 0 Å². The first kappa shape index (κ1) is 20.3. The van der Waals surface area contributed by atoms with Crippen molar-refractivity contribution >= 4 is 33.3 Å². The lowest BCUT2D eigenvalue weighted by Crippen LogP contribution is -2.42. The fraction of sp³-hybridized carbons (Fsp3) is 0.304. The van der Waals surface area contributed by atoms with E-state index >= 15 is 0 Å². The topological polar surface area (TPSA) is 57.6 Å². The van der Waals surface area contributed by atoms with Gasteiger partial charge >= 0.3 is 0 Å². The molecule has 1 atom stereocenters. The molecular weight excluding hydrogens is 418 g/mol. The third-order valence-electron chi connectivity index (χ3n) is 5.03. The van der Waals surface area contributed by atoms with Gasteiger partial charge in [0.2, 0.25) is 0 Å². The van der Waals surface area contributed by atoms with Crippen LogP contribution in [-0.4, -0.2) is 23.3 Å². The molecule has 1 amide bonds. The van der Waals surface area contributed by atoms with Crippen molar-refractivity contribution in [1.29, 1.82) is 0 Å². The van der Waals surface area contributed by atoms with Crippen molar-refractivity contribution in [2.24, 2.45) is 0 Å². The summed E-state index contributed by atoms with van der Waals surface area (Å²) in [5.74, 6) is 1.56. The highest BCUT2D eigenvalue weighted by atomic mass is 79.9. The average molecular weight is 440 g/mol. The monoisotopic (exact) mass is 439 g/mol. The molecule has 0 spiro atoms. The maximum Gasteiger partial charge on any atom is 0.265 e. The Hall–Kier alpha value is -2.42. The molecule has 0 aliphatic carbocycles. The fourth-order valence-corrected chi connectivity index (χ4v) is 3.79. The molecule has 1 aliphatic heterocycles. The normalized spacial score (nSPS) is 18.7. The van der Waals surface area contributed by atoms with Crippen LogP contribution in [-0.2, 0) is 15.8 Å². The van der Waals surface area contributed by atoms with Gasteiger partial charge in [-0.05, 0) is 29.2 Å². The van der Waals surface area contributed by atoms with Gasteiger partial charge in [0.05, 0.1) is 18.7 Å². The maximum absolute atomic E-state index is 13.0. The summed E-state index contributed by atoms with van der Waals surface area (Å²) < 4.78 is 0.710. The molecule has 0 unspecified atom stereocenters. The average Bonchev–Trinajstić information content (AvgIpc) is 2.83. The van der Waals surface area contributed by atoms with Crippen molar-refractivity contribution in [2.45, 2.75) is 38.2 Å². The summed E-state index contributed by atoms with van der Waals surface area (Å²) in [5.41, 5.74) is 0.527. The first-order chi connectivity index (χ1) is 13.1. The van der Waals surface area contributed by atoms with Crippen molar-refractivity contribution in [1.82, 2.24) is 0 Å². The molecule has 0 radical (unpaired) electrons. The molecule has 3 rings (SSSR count). The first-order valence-corrected chi connectivity index (χ1v) is 9.79. The Morgan fingerprint density at radius 2 is 1.86 bits per heavy atom. The number of terminal acetylenes is 1. The minimum atomic E-state index is -1.93. The number of halogens is 1. The maximum atomic E-state index is 13.0. The van der Waals surface area contributed by atoms with E-state index in [1.165, 1.54) is 4.90 Å². The number of hydrogen-bond acceptors (Lipinski definition) is 3. The second-order valence-electron chi connectivity index (χ2n) is 8.04. The van der Waals surface area contributed by atoms with E-state index in [9.17, 15) is 14.7 Å².